The molecule has 0 aromatic rings. The highest BCUT2D eigenvalue weighted by Gasteiger charge is 2.12. The van der Waals surface area contributed by atoms with Crippen molar-refractivity contribution in [2.24, 2.45) is 0 Å². The molecule has 15 heavy (non-hydrogen) atoms. The lowest BCUT2D eigenvalue weighted by Crippen LogP contribution is -2.46. The van der Waals surface area contributed by atoms with E-state index in [-0.39, 0.29) is 18.2 Å². The van der Waals surface area contributed by atoms with Gasteiger partial charge < -0.3 is 15.5 Å². The molecular formula is C8H17N3O4. The molecule has 0 radical (unpaired) electrons. The number of nitrogens with one attached hydrogen (secondary N) is 2. The molecule has 88 valence electrons. The number of nitrogens with zero attached hydrogens (tertiary/aromatic N) is 1. The van der Waals surface area contributed by atoms with Crippen LogP contribution in [0.2, 0.25) is 0 Å². The zero-order chi connectivity index (χ0) is 11.9. The lowest BCUT2D eigenvalue weighted by Gasteiger charge is -2.20. The van der Waals surface area contributed by atoms with Crippen LogP contribution in [0, 0.1) is 10.1 Å². The molecule has 0 unspecified atom stereocenters. The van der Waals surface area contributed by atoms with Gasteiger partial charge in [-0.25, -0.2) is 4.79 Å². The maximum absolute atomic E-state index is 11.2. The van der Waals surface area contributed by atoms with E-state index in [1.54, 1.807) is 0 Å². The first kappa shape index (κ1) is 13.5. The number of urea groups is 1. The molecule has 0 heterocycles. The summed E-state index contributed by atoms with van der Waals surface area (Å²) in [6, 6.07) is -0.288. The van der Waals surface area contributed by atoms with Crippen LogP contribution in [0.15, 0.2) is 0 Å². The molecule has 0 saturated carbocycles. The number of amides is 2. The minimum Gasteiger partial charge on any atom is -0.338 e. The third-order valence-electron chi connectivity index (χ3n) is 1.29. The summed E-state index contributed by atoms with van der Waals surface area (Å²) in [5.41, 5.74) is -0.290. The summed E-state index contributed by atoms with van der Waals surface area (Å²) < 4.78 is 0. The zero-order valence-electron chi connectivity index (χ0n) is 9.20. The van der Waals surface area contributed by atoms with Gasteiger partial charge in [0.05, 0.1) is 6.61 Å². The molecular weight excluding hydrogens is 202 g/mol. The van der Waals surface area contributed by atoms with E-state index in [0.29, 0.717) is 13.0 Å². The molecule has 0 bridgehead atoms. The standard InChI is InChI=1S/C8H17N3O4/c1-8(2,3)10-7(12)9-5-4-6-15-11(13)14/h4-6H2,1-3H3,(H2,9,10,12). The zero-order valence-corrected chi connectivity index (χ0v) is 9.20. The highest BCUT2D eigenvalue weighted by molar-refractivity contribution is 5.74. The SMILES string of the molecule is CC(C)(C)NC(=O)NCCCO[N+](=O)[O-]. The summed E-state index contributed by atoms with van der Waals surface area (Å²) in [5, 5.41) is 14.2. The van der Waals surface area contributed by atoms with Crippen molar-refractivity contribution >= 4 is 6.03 Å². The van der Waals surface area contributed by atoms with Gasteiger partial charge in [-0.3, -0.25) is 0 Å². The molecule has 0 aliphatic heterocycles. The minimum atomic E-state index is -0.852. The Kier molecular flexibility index (Phi) is 5.43. The first-order chi connectivity index (χ1) is 6.81. The fourth-order valence-electron chi connectivity index (χ4n) is 0.798. The van der Waals surface area contributed by atoms with Gasteiger partial charge in [-0.15, -0.1) is 10.1 Å². The number of hydrogen-bond acceptors (Lipinski definition) is 4. The van der Waals surface area contributed by atoms with E-state index in [9.17, 15) is 14.9 Å². The third-order valence-corrected chi connectivity index (χ3v) is 1.29. The van der Waals surface area contributed by atoms with Crippen molar-refractivity contribution in [2.45, 2.75) is 32.7 Å². The van der Waals surface area contributed by atoms with Gasteiger partial charge in [0, 0.05) is 12.1 Å². The Morgan fingerprint density at radius 3 is 2.53 bits per heavy atom. The maximum Gasteiger partial charge on any atom is 0.315 e. The van der Waals surface area contributed by atoms with Crippen molar-refractivity contribution in [1.29, 1.82) is 0 Å². The monoisotopic (exact) mass is 219 g/mol. The van der Waals surface area contributed by atoms with E-state index in [1.807, 2.05) is 20.8 Å². The molecule has 0 aliphatic rings. The average Bonchev–Trinajstić information content (AvgIpc) is 1.99. The lowest BCUT2D eigenvalue weighted by molar-refractivity contribution is -0.757. The first-order valence-electron chi connectivity index (χ1n) is 4.64. The van der Waals surface area contributed by atoms with E-state index < -0.39 is 5.09 Å². The Labute approximate surface area is 88.3 Å². The highest BCUT2D eigenvalue weighted by Crippen LogP contribution is 1.97. The molecule has 0 atom stereocenters. The van der Waals surface area contributed by atoms with Crippen LogP contribution in [-0.2, 0) is 4.84 Å². The number of hydrogen-bond donors (Lipinski definition) is 2. The molecule has 0 saturated heterocycles. The first-order valence-corrected chi connectivity index (χ1v) is 4.64. The second kappa shape index (κ2) is 6.05. The van der Waals surface area contributed by atoms with Crippen molar-refractivity contribution in [1.82, 2.24) is 10.6 Å². The fourth-order valence-corrected chi connectivity index (χ4v) is 0.798. The van der Waals surface area contributed by atoms with Gasteiger partial charge in [0.1, 0.15) is 0 Å². The summed E-state index contributed by atoms with van der Waals surface area (Å²) in [6.07, 6.45) is 0.401. The average molecular weight is 219 g/mol. The molecule has 0 aromatic heterocycles. The van der Waals surface area contributed by atoms with Gasteiger partial charge in [-0.1, -0.05) is 0 Å². The normalized spacial score (nSPS) is 10.6. The smallest absolute Gasteiger partial charge is 0.315 e. The Morgan fingerprint density at radius 2 is 2.07 bits per heavy atom. The van der Waals surface area contributed by atoms with Gasteiger partial charge >= 0.3 is 6.03 Å². The summed E-state index contributed by atoms with van der Waals surface area (Å²) in [6.45, 7) is 5.92. The number of carbonyl (C=O) groups excluding carboxylic acids is 1. The lowest BCUT2D eigenvalue weighted by atomic mass is 10.1. The molecule has 0 rings (SSSR count). The molecule has 0 fully saturated rings. The highest BCUT2D eigenvalue weighted by atomic mass is 16.9. The molecule has 0 aromatic carbocycles. The van der Waals surface area contributed by atoms with E-state index in [0.717, 1.165) is 0 Å². The van der Waals surface area contributed by atoms with Crippen molar-refractivity contribution < 1.29 is 14.7 Å². The number of rotatable bonds is 5. The van der Waals surface area contributed by atoms with Crippen LogP contribution in [0.4, 0.5) is 4.79 Å². The summed E-state index contributed by atoms with van der Waals surface area (Å²) >= 11 is 0. The van der Waals surface area contributed by atoms with Crippen LogP contribution in [0.3, 0.4) is 0 Å². The molecule has 2 N–H and O–H groups in total. The van der Waals surface area contributed by atoms with E-state index in [2.05, 4.69) is 15.5 Å². The summed E-state index contributed by atoms with van der Waals surface area (Å²) in [4.78, 5) is 25.0. The Hall–Kier alpha value is -1.53. The van der Waals surface area contributed by atoms with Crippen molar-refractivity contribution in [3.63, 3.8) is 0 Å². The minimum absolute atomic E-state index is 0.0111. The Bertz CT molecular complexity index is 224. The van der Waals surface area contributed by atoms with E-state index in [4.69, 9.17) is 0 Å². The van der Waals surface area contributed by atoms with Gasteiger partial charge in [0.15, 0.2) is 0 Å². The topological polar surface area (TPSA) is 93.5 Å². The van der Waals surface area contributed by atoms with E-state index >= 15 is 0 Å². The van der Waals surface area contributed by atoms with Gasteiger partial charge in [0.25, 0.3) is 5.09 Å². The number of carbonyl (C=O) groups is 1. The van der Waals surface area contributed by atoms with Crippen LogP contribution in [0.25, 0.3) is 0 Å². The van der Waals surface area contributed by atoms with Crippen LogP contribution in [-0.4, -0.2) is 29.8 Å². The van der Waals surface area contributed by atoms with Crippen LogP contribution in [0.1, 0.15) is 27.2 Å². The summed E-state index contributed by atoms with van der Waals surface area (Å²) in [5.74, 6) is 0. The molecule has 2 amide bonds. The largest absolute Gasteiger partial charge is 0.338 e. The second-order valence-corrected chi connectivity index (χ2v) is 4.04. The molecule has 7 heteroatoms. The predicted octanol–water partition coefficient (Wildman–Crippen LogP) is 0.683. The van der Waals surface area contributed by atoms with Crippen molar-refractivity contribution in [3.8, 4) is 0 Å². The van der Waals surface area contributed by atoms with Crippen LogP contribution >= 0.6 is 0 Å². The fraction of sp³-hybridized carbons (Fsp3) is 0.875. The Morgan fingerprint density at radius 1 is 1.47 bits per heavy atom. The van der Waals surface area contributed by atoms with Crippen molar-refractivity contribution in [3.05, 3.63) is 10.1 Å². The third kappa shape index (κ3) is 10.4. The van der Waals surface area contributed by atoms with Gasteiger partial charge in [-0.05, 0) is 27.2 Å². The van der Waals surface area contributed by atoms with Crippen molar-refractivity contribution in [2.75, 3.05) is 13.2 Å². The maximum atomic E-state index is 11.2. The predicted molar refractivity (Wildman–Crippen MR) is 53.9 cm³/mol. The van der Waals surface area contributed by atoms with Gasteiger partial charge in [0.2, 0.25) is 0 Å². The molecule has 0 aliphatic carbocycles. The van der Waals surface area contributed by atoms with E-state index in [1.165, 1.54) is 0 Å². The molecule has 7 nitrogen and oxygen atoms in total. The summed E-state index contributed by atoms with van der Waals surface area (Å²) in [7, 11) is 0. The second-order valence-electron chi connectivity index (χ2n) is 4.04. The van der Waals surface area contributed by atoms with Crippen LogP contribution < -0.4 is 10.6 Å². The van der Waals surface area contributed by atoms with Crippen LogP contribution in [0.5, 0.6) is 0 Å². The van der Waals surface area contributed by atoms with Gasteiger partial charge in [-0.2, -0.15) is 0 Å². The Balaban J connectivity index is 3.44. The molecule has 0 spiro atoms. The quantitative estimate of drug-likeness (QED) is 0.404.